The van der Waals surface area contributed by atoms with Crippen LogP contribution in [-0.2, 0) is 24.4 Å². The summed E-state index contributed by atoms with van der Waals surface area (Å²) in [5.41, 5.74) is 1.03. The zero-order valence-corrected chi connectivity index (χ0v) is 12.8. The van der Waals surface area contributed by atoms with Crippen LogP contribution >= 0.6 is 0 Å². The summed E-state index contributed by atoms with van der Waals surface area (Å²) in [5, 5.41) is 1.73. The molecule has 21 heavy (non-hydrogen) atoms. The predicted octanol–water partition coefficient (Wildman–Crippen LogP) is 1.74. The minimum atomic E-state index is -4.63. The molecule has 2 aromatic rings. The van der Waals surface area contributed by atoms with Crippen molar-refractivity contribution < 1.29 is 25.6 Å². The van der Waals surface area contributed by atoms with Gasteiger partial charge in [-0.2, -0.15) is 8.42 Å². The van der Waals surface area contributed by atoms with Gasteiger partial charge in [0.05, 0.1) is 17.3 Å². The van der Waals surface area contributed by atoms with Gasteiger partial charge in [0.1, 0.15) is 0 Å². The number of fused-ring (bicyclic) bond motifs is 1. The fourth-order valence-electron chi connectivity index (χ4n) is 1.98. The molecule has 0 heterocycles. The van der Waals surface area contributed by atoms with E-state index in [4.69, 9.17) is 4.55 Å². The third-order valence-electron chi connectivity index (χ3n) is 3.01. The molecule has 0 saturated heterocycles. The first-order chi connectivity index (χ1) is 9.69. The van der Waals surface area contributed by atoms with Gasteiger partial charge in [-0.15, -0.1) is 0 Å². The van der Waals surface area contributed by atoms with Gasteiger partial charge >= 0.3 is 10.4 Å². The molecule has 2 aromatic carbocycles. The lowest BCUT2D eigenvalue weighted by atomic mass is 10.1. The highest BCUT2D eigenvalue weighted by Gasteiger charge is 2.17. The Hall–Kier alpha value is -1.48. The molecule has 0 spiro atoms. The fourth-order valence-corrected chi connectivity index (χ4v) is 3.50. The van der Waals surface area contributed by atoms with Crippen molar-refractivity contribution in [2.75, 3.05) is 12.4 Å². The molecule has 0 unspecified atom stereocenters. The molecular formula is C13H14O6S2. The van der Waals surface area contributed by atoms with E-state index in [1.54, 1.807) is 12.1 Å². The normalized spacial score (nSPS) is 12.7. The summed E-state index contributed by atoms with van der Waals surface area (Å²) < 4.78 is 57.4. The highest BCUT2D eigenvalue weighted by Crippen LogP contribution is 2.22. The van der Waals surface area contributed by atoms with Crippen LogP contribution < -0.4 is 0 Å². The van der Waals surface area contributed by atoms with Gasteiger partial charge in [0.15, 0.2) is 9.84 Å². The lowest BCUT2D eigenvalue weighted by Crippen LogP contribution is -2.15. The molecule has 0 aliphatic heterocycles. The van der Waals surface area contributed by atoms with E-state index < -0.39 is 32.6 Å². The Labute approximate surface area is 123 Å². The van der Waals surface area contributed by atoms with Crippen molar-refractivity contribution in [2.24, 2.45) is 0 Å². The van der Waals surface area contributed by atoms with E-state index >= 15 is 0 Å². The van der Waals surface area contributed by atoms with Crippen LogP contribution in [0.3, 0.4) is 0 Å². The molecule has 1 N–H and O–H groups in total. The average Bonchev–Trinajstić information content (AvgIpc) is 2.37. The minimum absolute atomic E-state index is 0.0829. The van der Waals surface area contributed by atoms with E-state index in [2.05, 4.69) is 4.18 Å². The molecule has 0 aliphatic carbocycles. The molecule has 8 heteroatoms. The van der Waals surface area contributed by atoms with Gasteiger partial charge in [0.2, 0.25) is 0 Å². The summed E-state index contributed by atoms with van der Waals surface area (Å²) in [5.74, 6) is -0.538. The Morgan fingerprint density at radius 1 is 1.10 bits per heavy atom. The van der Waals surface area contributed by atoms with Crippen LogP contribution in [0.25, 0.3) is 10.8 Å². The average molecular weight is 330 g/mol. The number of hydrogen-bond donors (Lipinski definition) is 1. The van der Waals surface area contributed by atoms with E-state index in [-0.39, 0.29) is 4.90 Å². The Morgan fingerprint density at radius 2 is 1.81 bits per heavy atom. The van der Waals surface area contributed by atoms with Crippen molar-refractivity contribution in [3.8, 4) is 0 Å². The van der Waals surface area contributed by atoms with Gasteiger partial charge in [-0.3, -0.25) is 4.55 Å². The summed E-state index contributed by atoms with van der Waals surface area (Å²) in [6, 6.07) is 10.3. The second-order valence-electron chi connectivity index (χ2n) is 4.53. The van der Waals surface area contributed by atoms with E-state index in [0.29, 0.717) is 0 Å². The first-order valence-electron chi connectivity index (χ1n) is 6.03. The maximum atomic E-state index is 12.1. The summed E-state index contributed by atoms with van der Waals surface area (Å²) in [6.07, 6.45) is 0. The molecule has 0 radical (unpaired) electrons. The van der Waals surface area contributed by atoms with E-state index in [1.165, 1.54) is 12.1 Å². The van der Waals surface area contributed by atoms with Gasteiger partial charge < -0.3 is 0 Å². The molecule has 0 fully saturated rings. The fraction of sp³-hybridized carbons (Fsp3) is 0.231. The van der Waals surface area contributed by atoms with E-state index in [9.17, 15) is 16.8 Å². The van der Waals surface area contributed by atoms with Gasteiger partial charge in [0, 0.05) is 0 Å². The Bertz CT molecular complexity index is 869. The van der Waals surface area contributed by atoms with Crippen LogP contribution in [0.2, 0.25) is 0 Å². The minimum Gasteiger partial charge on any atom is -0.264 e. The SMILES string of the molecule is Cc1cccc2cc(S(=O)(=O)CCOS(=O)(=O)O)ccc12. The summed E-state index contributed by atoms with van der Waals surface area (Å²) in [7, 11) is -8.32. The summed E-state index contributed by atoms with van der Waals surface area (Å²) >= 11 is 0. The van der Waals surface area contributed by atoms with Crippen molar-refractivity contribution in [2.45, 2.75) is 11.8 Å². The van der Waals surface area contributed by atoms with Gasteiger partial charge in [-0.25, -0.2) is 12.6 Å². The smallest absolute Gasteiger partial charge is 0.264 e. The molecular weight excluding hydrogens is 316 g/mol. The third-order valence-corrected chi connectivity index (χ3v) is 5.15. The van der Waals surface area contributed by atoms with Crippen LogP contribution in [-0.4, -0.2) is 33.7 Å². The topological polar surface area (TPSA) is 97.7 Å². The van der Waals surface area contributed by atoms with Crippen LogP contribution in [0.5, 0.6) is 0 Å². The summed E-state index contributed by atoms with van der Waals surface area (Å²) in [6.45, 7) is 1.30. The van der Waals surface area contributed by atoms with E-state index in [1.807, 2.05) is 19.1 Å². The number of benzene rings is 2. The molecule has 0 aromatic heterocycles. The molecule has 2 rings (SSSR count). The number of rotatable bonds is 5. The van der Waals surface area contributed by atoms with Crippen LogP contribution in [0.15, 0.2) is 41.3 Å². The lowest BCUT2D eigenvalue weighted by Gasteiger charge is -2.07. The van der Waals surface area contributed by atoms with Crippen molar-refractivity contribution in [3.63, 3.8) is 0 Å². The molecule has 6 nitrogen and oxygen atoms in total. The van der Waals surface area contributed by atoms with Crippen molar-refractivity contribution in [3.05, 3.63) is 42.0 Å². The molecule has 0 aliphatic rings. The highest BCUT2D eigenvalue weighted by molar-refractivity contribution is 7.91. The zero-order valence-electron chi connectivity index (χ0n) is 11.2. The molecule has 0 saturated carbocycles. The van der Waals surface area contributed by atoms with Gasteiger partial charge in [-0.05, 0) is 35.4 Å². The Balaban J connectivity index is 2.28. The lowest BCUT2D eigenvalue weighted by molar-refractivity contribution is 0.284. The van der Waals surface area contributed by atoms with Gasteiger partial charge in [0.25, 0.3) is 0 Å². The number of aryl methyl sites for hydroxylation is 1. The largest absolute Gasteiger partial charge is 0.397 e. The van der Waals surface area contributed by atoms with Crippen molar-refractivity contribution >= 4 is 31.0 Å². The first-order valence-corrected chi connectivity index (χ1v) is 9.05. The standard InChI is InChI=1S/C13H14O6S2/c1-10-3-2-4-11-9-12(5-6-13(10)11)20(14,15)8-7-19-21(16,17)18/h2-6,9H,7-8H2,1H3,(H,16,17,18). The highest BCUT2D eigenvalue weighted by atomic mass is 32.3. The molecule has 0 bridgehead atoms. The molecule has 114 valence electrons. The van der Waals surface area contributed by atoms with Gasteiger partial charge in [-0.1, -0.05) is 24.3 Å². The number of hydrogen-bond acceptors (Lipinski definition) is 5. The molecule has 0 amide bonds. The quantitative estimate of drug-likeness (QED) is 0.839. The van der Waals surface area contributed by atoms with Crippen LogP contribution in [0.1, 0.15) is 5.56 Å². The number of sulfone groups is 1. The Morgan fingerprint density at radius 3 is 2.48 bits per heavy atom. The summed E-state index contributed by atoms with van der Waals surface area (Å²) in [4.78, 5) is 0.0829. The maximum Gasteiger partial charge on any atom is 0.397 e. The zero-order chi connectivity index (χ0) is 15.7. The molecule has 0 atom stereocenters. The third kappa shape index (κ3) is 4.01. The second-order valence-corrected chi connectivity index (χ2v) is 7.73. The van der Waals surface area contributed by atoms with Crippen LogP contribution in [0, 0.1) is 6.92 Å². The predicted molar refractivity (Wildman–Crippen MR) is 78.2 cm³/mol. The van der Waals surface area contributed by atoms with Crippen LogP contribution in [0.4, 0.5) is 0 Å². The maximum absolute atomic E-state index is 12.1. The Kier molecular flexibility index (Phi) is 4.33. The van der Waals surface area contributed by atoms with Crippen molar-refractivity contribution in [1.82, 2.24) is 0 Å². The second kappa shape index (κ2) is 5.72. The van der Waals surface area contributed by atoms with Crippen molar-refractivity contribution in [1.29, 1.82) is 0 Å². The first kappa shape index (κ1) is 15.9. The van der Waals surface area contributed by atoms with E-state index in [0.717, 1.165) is 16.3 Å². The monoisotopic (exact) mass is 330 g/mol.